The van der Waals surface area contributed by atoms with Crippen molar-refractivity contribution in [3.63, 3.8) is 0 Å². The van der Waals surface area contributed by atoms with Gasteiger partial charge in [-0.15, -0.1) is 0 Å². The Morgan fingerprint density at radius 2 is 1.75 bits per heavy atom. The van der Waals surface area contributed by atoms with Gasteiger partial charge in [0.1, 0.15) is 11.7 Å². The molecule has 0 amide bonds. The molecule has 2 rings (SSSR count). The van der Waals surface area contributed by atoms with Gasteiger partial charge in [0, 0.05) is 12.5 Å². The van der Waals surface area contributed by atoms with Gasteiger partial charge in [0.25, 0.3) is 11.4 Å². The van der Waals surface area contributed by atoms with Crippen molar-refractivity contribution in [2.45, 2.75) is 12.5 Å². The normalized spacial score (nSPS) is 11.5. The van der Waals surface area contributed by atoms with Gasteiger partial charge in [0.2, 0.25) is 0 Å². The van der Waals surface area contributed by atoms with E-state index in [-0.39, 0.29) is 12.1 Å². The van der Waals surface area contributed by atoms with Crippen LogP contribution < -0.4 is 5.32 Å². The third-order valence-electron chi connectivity index (χ3n) is 3.30. The second-order valence-electron chi connectivity index (χ2n) is 4.94. The minimum Gasteiger partial charge on any atom is -0.480 e. The van der Waals surface area contributed by atoms with Crippen LogP contribution in [0.5, 0.6) is 0 Å². The Labute approximate surface area is 135 Å². The highest BCUT2D eigenvalue weighted by molar-refractivity contribution is 5.79. The maximum atomic E-state index is 11.4. The summed E-state index contributed by atoms with van der Waals surface area (Å²) in [6, 6.07) is 10.7. The molecule has 2 aromatic rings. The summed E-state index contributed by atoms with van der Waals surface area (Å²) in [5.41, 5.74) is -0.346. The molecule has 1 atom stereocenters. The summed E-state index contributed by atoms with van der Waals surface area (Å²) in [6.45, 7) is 0. The number of hydrogen-bond acceptors (Lipinski definition) is 6. The molecule has 2 N–H and O–H groups in total. The molecular weight excluding hydrogens is 318 g/mol. The monoisotopic (exact) mass is 331 g/mol. The van der Waals surface area contributed by atoms with E-state index < -0.39 is 33.2 Å². The molecule has 0 aliphatic rings. The highest BCUT2D eigenvalue weighted by atomic mass is 16.6. The number of aliphatic carboxylic acids is 1. The highest BCUT2D eigenvalue weighted by Gasteiger charge is 2.24. The molecule has 0 aliphatic carbocycles. The molecule has 0 aliphatic heterocycles. The summed E-state index contributed by atoms with van der Waals surface area (Å²) in [6.07, 6.45) is 0.102. The summed E-state index contributed by atoms with van der Waals surface area (Å²) in [4.78, 5) is 31.7. The Morgan fingerprint density at radius 1 is 1.08 bits per heavy atom. The van der Waals surface area contributed by atoms with Crippen LogP contribution in [0.15, 0.2) is 48.5 Å². The fourth-order valence-electron chi connectivity index (χ4n) is 2.14. The first-order chi connectivity index (χ1) is 11.4. The Kier molecular flexibility index (Phi) is 5.05. The Morgan fingerprint density at radius 3 is 2.29 bits per heavy atom. The van der Waals surface area contributed by atoms with Crippen LogP contribution in [0.4, 0.5) is 17.1 Å². The van der Waals surface area contributed by atoms with E-state index in [4.69, 9.17) is 0 Å². The van der Waals surface area contributed by atoms with Crippen LogP contribution in [0.25, 0.3) is 0 Å². The first-order valence-electron chi connectivity index (χ1n) is 6.84. The second-order valence-corrected chi connectivity index (χ2v) is 4.94. The first kappa shape index (κ1) is 16.9. The molecule has 0 aromatic heterocycles. The van der Waals surface area contributed by atoms with E-state index >= 15 is 0 Å². The lowest BCUT2D eigenvalue weighted by molar-refractivity contribution is -0.393. The van der Waals surface area contributed by atoms with Crippen molar-refractivity contribution in [2.75, 3.05) is 5.32 Å². The van der Waals surface area contributed by atoms with Gasteiger partial charge in [0.05, 0.1) is 15.9 Å². The third kappa shape index (κ3) is 4.03. The number of nitrogens with zero attached hydrogens (tertiary/aromatic N) is 2. The van der Waals surface area contributed by atoms with Crippen LogP contribution in [0.3, 0.4) is 0 Å². The van der Waals surface area contributed by atoms with Crippen molar-refractivity contribution in [3.05, 3.63) is 74.3 Å². The summed E-state index contributed by atoms with van der Waals surface area (Å²) in [5.74, 6) is -1.19. The van der Waals surface area contributed by atoms with E-state index in [0.717, 1.165) is 23.8 Å². The van der Waals surface area contributed by atoms with Gasteiger partial charge in [-0.05, 0) is 11.6 Å². The summed E-state index contributed by atoms with van der Waals surface area (Å²) in [7, 11) is 0. The number of carboxylic acids is 1. The summed E-state index contributed by atoms with van der Waals surface area (Å²) >= 11 is 0. The highest BCUT2D eigenvalue weighted by Crippen LogP contribution is 2.29. The molecule has 2 aromatic carbocycles. The zero-order valence-electron chi connectivity index (χ0n) is 12.3. The van der Waals surface area contributed by atoms with Crippen LogP contribution >= 0.6 is 0 Å². The molecule has 0 unspecified atom stereocenters. The van der Waals surface area contributed by atoms with Crippen molar-refractivity contribution >= 4 is 23.0 Å². The van der Waals surface area contributed by atoms with Crippen LogP contribution in [0.1, 0.15) is 5.56 Å². The van der Waals surface area contributed by atoms with Crippen LogP contribution in [-0.4, -0.2) is 27.0 Å². The number of nitro benzene ring substituents is 2. The molecule has 0 spiro atoms. The Bertz CT molecular complexity index is 778. The van der Waals surface area contributed by atoms with Crippen molar-refractivity contribution in [3.8, 4) is 0 Å². The van der Waals surface area contributed by atoms with Crippen molar-refractivity contribution < 1.29 is 19.7 Å². The SMILES string of the molecule is O=C(O)[C@H](Cc1ccccc1)Nc1ccc([N+](=O)[O-])cc1[N+](=O)[O-]. The van der Waals surface area contributed by atoms with Gasteiger partial charge >= 0.3 is 5.97 Å². The number of carbonyl (C=O) groups is 1. The average Bonchev–Trinajstić information content (AvgIpc) is 2.55. The maximum absolute atomic E-state index is 11.4. The largest absolute Gasteiger partial charge is 0.480 e. The summed E-state index contributed by atoms with van der Waals surface area (Å²) in [5, 5.41) is 33.7. The van der Waals surface area contributed by atoms with Crippen LogP contribution in [0, 0.1) is 20.2 Å². The number of nitro groups is 2. The fraction of sp³-hybridized carbons (Fsp3) is 0.133. The molecule has 0 fully saturated rings. The number of anilines is 1. The van der Waals surface area contributed by atoms with Gasteiger partial charge in [0.15, 0.2) is 0 Å². The zero-order chi connectivity index (χ0) is 17.7. The van der Waals surface area contributed by atoms with Gasteiger partial charge in [-0.1, -0.05) is 30.3 Å². The lowest BCUT2D eigenvalue weighted by Gasteiger charge is -2.15. The lowest BCUT2D eigenvalue weighted by Crippen LogP contribution is -2.31. The topological polar surface area (TPSA) is 136 Å². The van der Waals surface area contributed by atoms with Gasteiger partial charge < -0.3 is 10.4 Å². The summed E-state index contributed by atoms with van der Waals surface area (Å²) < 4.78 is 0. The zero-order valence-corrected chi connectivity index (χ0v) is 12.3. The van der Waals surface area contributed by atoms with Gasteiger partial charge in [-0.2, -0.15) is 0 Å². The second kappa shape index (κ2) is 7.18. The number of nitrogens with one attached hydrogen (secondary N) is 1. The number of non-ortho nitro benzene ring substituents is 1. The van der Waals surface area contributed by atoms with Crippen LogP contribution in [0.2, 0.25) is 0 Å². The maximum Gasteiger partial charge on any atom is 0.326 e. The molecule has 0 heterocycles. The predicted molar refractivity (Wildman–Crippen MR) is 84.9 cm³/mol. The molecule has 124 valence electrons. The van der Waals surface area contributed by atoms with E-state index in [0.29, 0.717) is 0 Å². The Balaban J connectivity index is 2.30. The quantitative estimate of drug-likeness (QED) is 0.588. The van der Waals surface area contributed by atoms with Crippen LogP contribution in [-0.2, 0) is 11.2 Å². The van der Waals surface area contributed by atoms with Gasteiger partial charge in [-0.25, -0.2) is 4.79 Å². The number of rotatable bonds is 7. The minimum absolute atomic E-state index is 0.0890. The van der Waals surface area contributed by atoms with E-state index in [1.54, 1.807) is 30.3 Å². The van der Waals surface area contributed by atoms with E-state index in [9.17, 15) is 30.1 Å². The molecule has 0 bridgehead atoms. The standard InChI is InChI=1S/C15H13N3O6/c19-15(20)13(8-10-4-2-1-3-5-10)16-12-7-6-11(17(21)22)9-14(12)18(23)24/h1-7,9,13,16H,8H2,(H,19,20)/t13-/m0/s1. The molecule has 24 heavy (non-hydrogen) atoms. The van der Waals surface area contributed by atoms with E-state index in [1.165, 1.54) is 0 Å². The molecular formula is C15H13N3O6. The van der Waals surface area contributed by atoms with Crippen molar-refractivity contribution in [1.82, 2.24) is 0 Å². The molecule has 9 heteroatoms. The first-order valence-corrected chi connectivity index (χ1v) is 6.84. The molecule has 0 saturated carbocycles. The number of benzene rings is 2. The Hall–Kier alpha value is -3.49. The molecule has 9 nitrogen and oxygen atoms in total. The fourth-order valence-corrected chi connectivity index (χ4v) is 2.14. The van der Waals surface area contributed by atoms with Crippen molar-refractivity contribution in [2.24, 2.45) is 0 Å². The third-order valence-corrected chi connectivity index (χ3v) is 3.30. The lowest BCUT2D eigenvalue weighted by atomic mass is 10.1. The average molecular weight is 331 g/mol. The smallest absolute Gasteiger partial charge is 0.326 e. The predicted octanol–water partition coefficient (Wildman–Crippen LogP) is 2.61. The van der Waals surface area contributed by atoms with Crippen molar-refractivity contribution in [1.29, 1.82) is 0 Å². The number of hydrogen-bond donors (Lipinski definition) is 2. The van der Waals surface area contributed by atoms with Gasteiger partial charge in [-0.3, -0.25) is 20.2 Å². The number of carboxylic acid groups (broad SMARTS) is 1. The minimum atomic E-state index is -1.19. The molecule has 0 saturated heterocycles. The van der Waals surface area contributed by atoms with E-state index in [2.05, 4.69) is 5.32 Å². The van der Waals surface area contributed by atoms with E-state index in [1.807, 2.05) is 0 Å². The molecule has 0 radical (unpaired) electrons.